The molecule has 0 unspecified atom stereocenters. The number of aromatic nitrogens is 4. The molecule has 5 nitrogen and oxygen atoms in total. The van der Waals surface area contributed by atoms with Gasteiger partial charge in [0.25, 0.3) is 0 Å². The molecule has 2 aromatic heterocycles. The maximum Gasteiger partial charge on any atom is 0.180 e. The van der Waals surface area contributed by atoms with Crippen LogP contribution in [0.25, 0.3) is 11.5 Å². The average Bonchev–Trinajstić information content (AvgIpc) is 2.89. The van der Waals surface area contributed by atoms with Gasteiger partial charge in [0.05, 0.1) is 22.7 Å². The largest absolute Gasteiger partial charge is 0.369 e. The van der Waals surface area contributed by atoms with Gasteiger partial charge in [0, 0.05) is 13.1 Å². The summed E-state index contributed by atoms with van der Waals surface area (Å²) in [5.41, 5.74) is 1.95. The van der Waals surface area contributed by atoms with Gasteiger partial charge in [-0.25, -0.2) is 15.0 Å². The van der Waals surface area contributed by atoms with Crippen molar-refractivity contribution in [2.45, 2.75) is 40.2 Å². The molecule has 0 amide bonds. The number of rotatable bonds is 5. The molecule has 0 saturated heterocycles. The predicted molar refractivity (Wildman–Crippen MR) is 84.9 cm³/mol. The Labute approximate surface area is 128 Å². The van der Waals surface area contributed by atoms with E-state index in [1.807, 2.05) is 17.1 Å². The van der Waals surface area contributed by atoms with E-state index in [9.17, 15) is 0 Å². The molecule has 1 N–H and O–H groups in total. The fourth-order valence-corrected chi connectivity index (χ4v) is 2.78. The summed E-state index contributed by atoms with van der Waals surface area (Å²) in [6, 6.07) is 0. The van der Waals surface area contributed by atoms with Crippen LogP contribution in [0.4, 0.5) is 5.82 Å². The van der Waals surface area contributed by atoms with Crippen LogP contribution >= 0.6 is 15.9 Å². The zero-order valence-corrected chi connectivity index (χ0v) is 13.9. The summed E-state index contributed by atoms with van der Waals surface area (Å²) in [6.45, 7) is 10.1. The number of nitrogens with one attached hydrogen (secondary N) is 1. The number of aryl methyl sites for hydroxylation is 1. The first-order valence-corrected chi connectivity index (χ1v) is 7.69. The summed E-state index contributed by atoms with van der Waals surface area (Å²) in [4.78, 5) is 13.5. The molecule has 6 heteroatoms. The fourth-order valence-electron chi connectivity index (χ4n) is 2.01. The van der Waals surface area contributed by atoms with Crippen molar-refractivity contribution in [1.29, 1.82) is 0 Å². The minimum Gasteiger partial charge on any atom is -0.369 e. The van der Waals surface area contributed by atoms with Crippen LogP contribution in [-0.2, 0) is 6.54 Å². The normalized spacial score (nSPS) is 11.1. The van der Waals surface area contributed by atoms with E-state index < -0.39 is 0 Å². The molecule has 0 aliphatic heterocycles. The van der Waals surface area contributed by atoms with E-state index >= 15 is 0 Å². The van der Waals surface area contributed by atoms with Gasteiger partial charge < -0.3 is 9.88 Å². The molecule has 0 aromatic carbocycles. The fraction of sp³-hybridized carbons (Fsp3) is 0.500. The van der Waals surface area contributed by atoms with Gasteiger partial charge in [0.15, 0.2) is 5.82 Å². The summed E-state index contributed by atoms with van der Waals surface area (Å²) in [6.07, 6.45) is 3.62. The summed E-state index contributed by atoms with van der Waals surface area (Å²) < 4.78 is 2.99. The van der Waals surface area contributed by atoms with E-state index in [1.54, 1.807) is 0 Å². The lowest BCUT2D eigenvalue weighted by Gasteiger charge is -2.14. The van der Waals surface area contributed by atoms with Crippen LogP contribution in [0.3, 0.4) is 0 Å². The van der Waals surface area contributed by atoms with E-state index in [0.29, 0.717) is 11.7 Å². The second kappa shape index (κ2) is 6.35. The molecule has 108 valence electrons. The monoisotopic (exact) mass is 337 g/mol. The zero-order valence-electron chi connectivity index (χ0n) is 12.3. The molecular weight excluding hydrogens is 318 g/mol. The molecule has 0 bridgehead atoms. The Hall–Kier alpha value is -1.43. The van der Waals surface area contributed by atoms with Crippen molar-refractivity contribution in [2.24, 2.45) is 0 Å². The smallest absolute Gasteiger partial charge is 0.180 e. The first kappa shape index (κ1) is 15.0. The maximum atomic E-state index is 4.71. The number of nitrogens with zero attached hydrogens (tertiary/aromatic N) is 4. The molecule has 0 saturated carbocycles. The summed E-state index contributed by atoms with van der Waals surface area (Å²) in [5, 5.41) is 3.28. The Kier molecular flexibility index (Phi) is 4.75. The van der Waals surface area contributed by atoms with E-state index in [2.05, 4.69) is 58.9 Å². The Balaban J connectivity index is 2.59. The van der Waals surface area contributed by atoms with Gasteiger partial charge in [-0.2, -0.15) is 0 Å². The lowest BCUT2D eigenvalue weighted by Crippen LogP contribution is -2.08. The maximum absolute atomic E-state index is 4.71. The summed E-state index contributed by atoms with van der Waals surface area (Å²) in [5.74, 6) is 1.87. The Bertz CT molecular complexity index is 591. The third kappa shape index (κ3) is 2.85. The molecule has 2 rings (SSSR count). The van der Waals surface area contributed by atoms with Crippen LogP contribution in [0, 0.1) is 0 Å². The standard InChI is InChI=1S/C14H20BrN5/c1-5-17-14-11(15)12(9(3)4)18-13(19-14)10-7-16-8-20(10)6-2/h7-9H,5-6H2,1-4H3,(H,17,18,19). The minimum atomic E-state index is 0.321. The van der Waals surface area contributed by atoms with Crippen molar-refractivity contribution in [3.05, 3.63) is 22.7 Å². The van der Waals surface area contributed by atoms with Gasteiger partial charge >= 0.3 is 0 Å². The van der Waals surface area contributed by atoms with Crippen molar-refractivity contribution in [1.82, 2.24) is 19.5 Å². The highest BCUT2D eigenvalue weighted by molar-refractivity contribution is 9.10. The third-order valence-corrected chi connectivity index (χ3v) is 3.83. The van der Waals surface area contributed by atoms with Crippen LogP contribution in [0.15, 0.2) is 17.0 Å². The van der Waals surface area contributed by atoms with E-state index in [4.69, 9.17) is 4.98 Å². The molecule has 0 atom stereocenters. The van der Waals surface area contributed by atoms with Crippen LogP contribution in [0.1, 0.15) is 39.3 Å². The lowest BCUT2D eigenvalue weighted by atomic mass is 10.1. The first-order chi connectivity index (χ1) is 9.58. The summed E-state index contributed by atoms with van der Waals surface area (Å²) in [7, 11) is 0. The molecule has 2 aromatic rings. The highest BCUT2D eigenvalue weighted by Gasteiger charge is 2.17. The van der Waals surface area contributed by atoms with Crippen molar-refractivity contribution >= 4 is 21.7 Å². The minimum absolute atomic E-state index is 0.321. The van der Waals surface area contributed by atoms with Gasteiger partial charge in [0.1, 0.15) is 11.5 Å². The molecule has 20 heavy (non-hydrogen) atoms. The van der Waals surface area contributed by atoms with Gasteiger partial charge in [-0.15, -0.1) is 0 Å². The highest BCUT2D eigenvalue weighted by atomic mass is 79.9. The topological polar surface area (TPSA) is 55.6 Å². The first-order valence-electron chi connectivity index (χ1n) is 6.90. The van der Waals surface area contributed by atoms with Crippen molar-refractivity contribution in [3.8, 4) is 11.5 Å². The second-order valence-electron chi connectivity index (χ2n) is 4.84. The van der Waals surface area contributed by atoms with E-state index in [-0.39, 0.29) is 0 Å². The molecule has 0 aliphatic rings. The molecule has 0 fully saturated rings. The van der Waals surface area contributed by atoms with Crippen molar-refractivity contribution in [2.75, 3.05) is 11.9 Å². The highest BCUT2D eigenvalue weighted by Crippen LogP contribution is 2.31. The van der Waals surface area contributed by atoms with Gasteiger partial charge in [-0.3, -0.25) is 0 Å². The second-order valence-corrected chi connectivity index (χ2v) is 5.64. The number of hydrogen-bond acceptors (Lipinski definition) is 4. The zero-order chi connectivity index (χ0) is 14.7. The molecule has 2 heterocycles. The number of hydrogen-bond donors (Lipinski definition) is 1. The van der Waals surface area contributed by atoms with Crippen LogP contribution in [0.2, 0.25) is 0 Å². The van der Waals surface area contributed by atoms with Gasteiger partial charge in [-0.05, 0) is 35.7 Å². The quantitative estimate of drug-likeness (QED) is 0.904. The molecular formula is C14H20BrN5. The Morgan fingerprint density at radius 2 is 2.05 bits per heavy atom. The summed E-state index contributed by atoms with van der Waals surface area (Å²) >= 11 is 3.61. The Morgan fingerprint density at radius 3 is 2.65 bits per heavy atom. The van der Waals surface area contributed by atoms with Crippen LogP contribution in [0.5, 0.6) is 0 Å². The Morgan fingerprint density at radius 1 is 1.30 bits per heavy atom. The number of halogens is 1. The van der Waals surface area contributed by atoms with Gasteiger partial charge in [0.2, 0.25) is 0 Å². The predicted octanol–water partition coefficient (Wildman–Crippen LogP) is 3.68. The van der Waals surface area contributed by atoms with Gasteiger partial charge in [-0.1, -0.05) is 13.8 Å². The molecule has 0 radical (unpaired) electrons. The van der Waals surface area contributed by atoms with Crippen molar-refractivity contribution in [3.63, 3.8) is 0 Å². The van der Waals surface area contributed by atoms with E-state index in [1.165, 1.54) is 0 Å². The number of anilines is 1. The molecule has 0 spiro atoms. The number of imidazole rings is 1. The lowest BCUT2D eigenvalue weighted by molar-refractivity contribution is 0.757. The third-order valence-electron chi connectivity index (χ3n) is 3.05. The SMILES string of the molecule is CCNc1nc(-c2cncn2CC)nc(C(C)C)c1Br. The van der Waals surface area contributed by atoms with Crippen LogP contribution in [-0.4, -0.2) is 26.1 Å². The van der Waals surface area contributed by atoms with E-state index in [0.717, 1.165) is 34.8 Å². The van der Waals surface area contributed by atoms with Crippen LogP contribution < -0.4 is 5.32 Å². The van der Waals surface area contributed by atoms with Crippen molar-refractivity contribution < 1.29 is 0 Å². The average molecular weight is 338 g/mol. The molecule has 0 aliphatic carbocycles.